The van der Waals surface area contributed by atoms with Gasteiger partial charge in [0.15, 0.2) is 5.58 Å². The Morgan fingerprint density at radius 1 is 0.950 bits per heavy atom. The lowest BCUT2D eigenvalue weighted by atomic mass is 10.2. The molecule has 2 aromatic carbocycles. The summed E-state index contributed by atoms with van der Waals surface area (Å²) in [6.45, 7) is 0. The Morgan fingerprint density at radius 3 is 2.40 bits per heavy atom. The van der Waals surface area contributed by atoms with E-state index in [9.17, 15) is 13.2 Å². The van der Waals surface area contributed by atoms with Crippen LogP contribution in [0.25, 0.3) is 11.1 Å². The predicted molar refractivity (Wildman–Crippen MR) is 68.7 cm³/mol. The molecule has 3 rings (SSSR count). The second-order valence-electron chi connectivity index (χ2n) is 4.16. The van der Waals surface area contributed by atoms with E-state index in [0.29, 0.717) is 11.1 Å². The molecule has 0 bridgehead atoms. The molecule has 0 fully saturated rings. The van der Waals surface area contributed by atoms with E-state index < -0.39 is 11.7 Å². The standard InChI is InChI=1S/C14H9F3N2O/c15-14(16,17)9-5-1-2-6-10(9)18-13-19-11-7-3-4-8-12(11)20-13/h1-8H,(H,18,19). The second-order valence-corrected chi connectivity index (χ2v) is 4.16. The van der Waals surface area contributed by atoms with Crippen LogP contribution in [0.4, 0.5) is 24.9 Å². The predicted octanol–water partition coefficient (Wildman–Crippen LogP) is 4.59. The third-order valence-electron chi connectivity index (χ3n) is 2.77. The zero-order valence-electron chi connectivity index (χ0n) is 10.1. The molecule has 0 saturated carbocycles. The highest BCUT2D eigenvalue weighted by Crippen LogP contribution is 2.36. The van der Waals surface area contributed by atoms with Gasteiger partial charge in [0.05, 0.1) is 11.3 Å². The number of hydrogen-bond acceptors (Lipinski definition) is 3. The summed E-state index contributed by atoms with van der Waals surface area (Å²) in [5.74, 6) is 0. The van der Waals surface area contributed by atoms with Gasteiger partial charge in [0.25, 0.3) is 6.01 Å². The van der Waals surface area contributed by atoms with Gasteiger partial charge in [-0.05, 0) is 24.3 Å². The average Bonchev–Trinajstić information content (AvgIpc) is 2.80. The lowest BCUT2D eigenvalue weighted by Crippen LogP contribution is -2.08. The minimum absolute atomic E-state index is 0.0305. The number of rotatable bonds is 2. The van der Waals surface area contributed by atoms with Crippen LogP contribution in [0.2, 0.25) is 0 Å². The van der Waals surface area contributed by atoms with E-state index in [4.69, 9.17) is 4.42 Å². The van der Waals surface area contributed by atoms with Crippen molar-refractivity contribution in [3.05, 3.63) is 54.1 Å². The number of aromatic nitrogens is 1. The first-order valence-electron chi connectivity index (χ1n) is 5.83. The minimum atomic E-state index is -4.43. The van der Waals surface area contributed by atoms with Crippen molar-refractivity contribution in [2.24, 2.45) is 0 Å². The van der Waals surface area contributed by atoms with E-state index in [1.807, 2.05) is 0 Å². The maximum absolute atomic E-state index is 12.9. The van der Waals surface area contributed by atoms with Gasteiger partial charge in [-0.1, -0.05) is 24.3 Å². The molecule has 0 spiro atoms. The number of alkyl halides is 3. The van der Waals surface area contributed by atoms with Crippen LogP contribution >= 0.6 is 0 Å². The first-order valence-corrected chi connectivity index (χ1v) is 5.83. The molecule has 0 unspecified atom stereocenters. The van der Waals surface area contributed by atoms with E-state index in [-0.39, 0.29) is 11.7 Å². The van der Waals surface area contributed by atoms with Crippen molar-refractivity contribution in [1.82, 2.24) is 4.98 Å². The maximum Gasteiger partial charge on any atom is 0.418 e. The third kappa shape index (κ3) is 2.32. The molecule has 20 heavy (non-hydrogen) atoms. The number of para-hydroxylation sites is 3. The van der Waals surface area contributed by atoms with Crippen LogP contribution in [-0.4, -0.2) is 4.98 Å². The second kappa shape index (κ2) is 4.56. The summed E-state index contributed by atoms with van der Waals surface area (Å²) < 4.78 is 43.9. The van der Waals surface area contributed by atoms with E-state index in [1.54, 1.807) is 24.3 Å². The molecule has 3 nitrogen and oxygen atoms in total. The van der Waals surface area contributed by atoms with Gasteiger partial charge >= 0.3 is 6.18 Å². The zero-order valence-corrected chi connectivity index (χ0v) is 10.1. The van der Waals surface area contributed by atoms with E-state index >= 15 is 0 Å². The number of anilines is 2. The summed E-state index contributed by atoms with van der Waals surface area (Å²) in [5, 5.41) is 2.57. The number of halogens is 3. The van der Waals surface area contributed by atoms with Crippen molar-refractivity contribution in [2.75, 3.05) is 5.32 Å². The largest absolute Gasteiger partial charge is 0.423 e. The Hall–Kier alpha value is -2.50. The van der Waals surface area contributed by atoms with Crippen LogP contribution in [0.3, 0.4) is 0 Å². The van der Waals surface area contributed by atoms with Crippen molar-refractivity contribution in [3.63, 3.8) is 0 Å². The highest BCUT2D eigenvalue weighted by atomic mass is 19.4. The Kier molecular flexibility index (Phi) is 2.85. The highest BCUT2D eigenvalue weighted by molar-refractivity contribution is 5.75. The third-order valence-corrected chi connectivity index (χ3v) is 2.77. The number of hydrogen-bond donors (Lipinski definition) is 1. The summed E-state index contributed by atoms with van der Waals surface area (Å²) in [7, 11) is 0. The number of nitrogens with zero attached hydrogens (tertiary/aromatic N) is 1. The smallest absolute Gasteiger partial charge is 0.418 e. The van der Waals surface area contributed by atoms with Crippen molar-refractivity contribution in [3.8, 4) is 0 Å². The molecule has 0 aliphatic heterocycles. The Morgan fingerprint density at radius 2 is 1.65 bits per heavy atom. The van der Waals surface area contributed by atoms with Gasteiger partial charge < -0.3 is 9.73 Å². The number of oxazole rings is 1. The maximum atomic E-state index is 12.9. The van der Waals surface area contributed by atoms with Gasteiger partial charge in [-0.3, -0.25) is 0 Å². The molecule has 0 radical (unpaired) electrons. The molecule has 1 N–H and O–H groups in total. The van der Waals surface area contributed by atoms with Gasteiger partial charge in [0.2, 0.25) is 0 Å². The topological polar surface area (TPSA) is 38.1 Å². The molecular formula is C14H9F3N2O. The first kappa shape index (κ1) is 12.5. The average molecular weight is 278 g/mol. The monoisotopic (exact) mass is 278 g/mol. The van der Waals surface area contributed by atoms with Crippen LogP contribution < -0.4 is 5.32 Å². The van der Waals surface area contributed by atoms with Gasteiger partial charge in [0.1, 0.15) is 5.52 Å². The first-order chi connectivity index (χ1) is 9.54. The molecule has 0 saturated heterocycles. The molecule has 0 aliphatic rings. The SMILES string of the molecule is FC(F)(F)c1ccccc1Nc1nc2ccccc2o1. The summed E-state index contributed by atoms with van der Waals surface area (Å²) in [4.78, 5) is 4.09. The van der Waals surface area contributed by atoms with Crippen molar-refractivity contribution >= 4 is 22.8 Å². The molecule has 1 heterocycles. The summed E-state index contributed by atoms with van der Waals surface area (Å²) in [5.41, 5.74) is 0.243. The van der Waals surface area contributed by atoms with E-state index in [2.05, 4.69) is 10.3 Å². The minimum Gasteiger partial charge on any atom is -0.423 e. The van der Waals surface area contributed by atoms with Gasteiger partial charge in [-0.25, -0.2) is 0 Å². The van der Waals surface area contributed by atoms with Crippen LogP contribution in [0, 0.1) is 0 Å². The van der Waals surface area contributed by atoms with Gasteiger partial charge in [0, 0.05) is 0 Å². The lowest BCUT2D eigenvalue weighted by molar-refractivity contribution is -0.136. The quantitative estimate of drug-likeness (QED) is 0.745. The fraction of sp³-hybridized carbons (Fsp3) is 0.0714. The van der Waals surface area contributed by atoms with Crippen LogP contribution in [0.15, 0.2) is 52.9 Å². The van der Waals surface area contributed by atoms with E-state index in [1.165, 1.54) is 18.2 Å². The van der Waals surface area contributed by atoms with Crippen molar-refractivity contribution < 1.29 is 17.6 Å². The highest BCUT2D eigenvalue weighted by Gasteiger charge is 2.33. The lowest BCUT2D eigenvalue weighted by Gasteiger charge is -2.11. The molecule has 0 aliphatic carbocycles. The molecule has 1 aromatic heterocycles. The summed E-state index contributed by atoms with van der Waals surface area (Å²) in [6.07, 6.45) is -4.43. The normalized spacial score (nSPS) is 11.8. The molecule has 0 amide bonds. The van der Waals surface area contributed by atoms with Crippen molar-refractivity contribution in [2.45, 2.75) is 6.18 Å². The fourth-order valence-corrected chi connectivity index (χ4v) is 1.88. The Balaban J connectivity index is 1.99. The molecule has 0 atom stereocenters. The van der Waals surface area contributed by atoms with Crippen LogP contribution in [0.5, 0.6) is 0 Å². The number of nitrogens with one attached hydrogen (secondary N) is 1. The fourth-order valence-electron chi connectivity index (χ4n) is 1.88. The van der Waals surface area contributed by atoms with Crippen molar-refractivity contribution in [1.29, 1.82) is 0 Å². The zero-order chi connectivity index (χ0) is 14.2. The molecule has 102 valence electrons. The Bertz CT molecular complexity index is 716. The number of fused-ring (bicyclic) bond motifs is 1. The Labute approximate surface area is 112 Å². The summed E-state index contributed by atoms with van der Waals surface area (Å²) >= 11 is 0. The van der Waals surface area contributed by atoms with Gasteiger partial charge in [-0.2, -0.15) is 18.2 Å². The van der Waals surface area contributed by atoms with Crippen LogP contribution in [0.1, 0.15) is 5.56 Å². The molecule has 3 aromatic rings. The molecular weight excluding hydrogens is 269 g/mol. The van der Waals surface area contributed by atoms with Crippen LogP contribution in [-0.2, 0) is 6.18 Å². The van der Waals surface area contributed by atoms with E-state index in [0.717, 1.165) is 6.07 Å². The summed E-state index contributed by atoms with van der Waals surface area (Å²) in [6, 6.07) is 12.2. The molecule has 6 heteroatoms. The van der Waals surface area contributed by atoms with Gasteiger partial charge in [-0.15, -0.1) is 0 Å². The number of benzene rings is 2.